The van der Waals surface area contributed by atoms with E-state index in [4.69, 9.17) is 0 Å². The molecule has 1 saturated carbocycles. The second kappa shape index (κ2) is 5.12. The number of nitrogens with one attached hydrogen (secondary N) is 1. The van der Waals surface area contributed by atoms with Crippen LogP contribution in [0.1, 0.15) is 25.7 Å². The number of hydrogen-bond acceptors (Lipinski definition) is 2. The standard InChI is InChI=1S/C12H14F4N2/c13-11-6-5-10(7-17-11)18-9-3-1-8(2-4-9)12(14,15)16/h5-9,18H,1-4H2. The van der Waals surface area contributed by atoms with Crippen molar-refractivity contribution >= 4 is 5.69 Å². The Morgan fingerprint density at radius 3 is 2.28 bits per heavy atom. The SMILES string of the molecule is Fc1ccc(NC2CCC(C(F)(F)F)CC2)cn1. The van der Waals surface area contributed by atoms with Crippen molar-refractivity contribution < 1.29 is 17.6 Å². The van der Waals surface area contributed by atoms with E-state index >= 15 is 0 Å². The summed E-state index contributed by atoms with van der Waals surface area (Å²) in [5, 5.41) is 3.08. The van der Waals surface area contributed by atoms with Crippen molar-refractivity contribution in [3.63, 3.8) is 0 Å². The number of halogens is 4. The van der Waals surface area contributed by atoms with Gasteiger partial charge in [-0.3, -0.25) is 0 Å². The number of pyridine rings is 1. The molecular formula is C12H14F4N2. The van der Waals surface area contributed by atoms with Gasteiger partial charge in [-0.15, -0.1) is 0 Å². The highest BCUT2D eigenvalue weighted by Crippen LogP contribution is 2.38. The molecule has 1 aliphatic carbocycles. The summed E-state index contributed by atoms with van der Waals surface area (Å²) in [6, 6.07) is 2.78. The van der Waals surface area contributed by atoms with E-state index in [1.165, 1.54) is 18.3 Å². The Bertz CT molecular complexity index is 380. The van der Waals surface area contributed by atoms with E-state index in [-0.39, 0.29) is 18.9 Å². The summed E-state index contributed by atoms with van der Waals surface area (Å²) in [6.07, 6.45) is -1.48. The van der Waals surface area contributed by atoms with Gasteiger partial charge in [-0.2, -0.15) is 17.6 Å². The molecule has 1 aliphatic rings. The zero-order valence-corrected chi connectivity index (χ0v) is 9.67. The van der Waals surface area contributed by atoms with Crippen molar-refractivity contribution in [2.45, 2.75) is 37.9 Å². The zero-order valence-electron chi connectivity index (χ0n) is 9.67. The third-order valence-corrected chi connectivity index (χ3v) is 3.29. The molecule has 0 unspecified atom stereocenters. The molecule has 0 radical (unpaired) electrons. The summed E-state index contributed by atoms with van der Waals surface area (Å²) >= 11 is 0. The van der Waals surface area contributed by atoms with Crippen LogP contribution in [0.4, 0.5) is 23.2 Å². The Kier molecular flexibility index (Phi) is 3.73. The van der Waals surface area contributed by atoms with Crippen molar-refractivity contribution in [2.24, 2.45) is 5.92 Å². The molecule has 18 heavy (non-hydrogen) atoms. The Balaban J connectivity index is 1.85. The minimum atomic E-state index is -4.08. The third kappa shape index (κ3) is 3.34. The maximum absolute atomic E-state index is 12.6. The quantitative estimate of drug-likeness (QED) is 0.648. The molecule has 1 fully saturated rings. The first-order valence-corrected chi connectivity index (χ1v) is 5.90. The van der Waals surface area contributed by atoms with Gasteiger partial charge >= 0.3 is 6.18 Å². The maximum atomic E-state index is 12.6. The van der Waals surface area contributed by atoms with Crippen molar-refractivity contribution in [3.05, 3.63) is 24.3 Å². The van der Waals surface area contributed by atoms with Gasteiger partial charge in [-0.25, -0.2) is 4.98 Å². The number of alkyl halides is 3. The Morgan fingerprint density at radius 1 is 1.11 bits per heavy atom. The van der Waals surface area contributed by atoms with Crippen LogP contribution in [0.5, 0.6) is 0 Å². The summed E-state index contributed by atoms with van der Waals surface area (Å²) in [5.41, 5.74) is 0.645. The van der Waals surface area contributed by atoms with Crippen LogP contribution in [0, 0.1) is 11.9 Å². The predicted octanol–water partition coefficient (Wildman–Crippen LogP) is 3.75. The van der Waals surface area contributed by atoms with Crippen LogP contribution in [0.3, 0.4) is 0 Å². The summed E-state index contributed by atoms with van der Waals surface area (Å²) in [6.45, 7) is 0. The lowest BCUT2D eigenvalue weighted by molar-refractivity contribution is -0.182. The fourth-order valence-corrected chi connectivity index (χ4v) is 2.26. The number of anilines is 1. The molecule has 2 rings (SSSR count). The van der Waals surface area contributed by atoms with Crippen LogP contribution in [0.15, 0.2) is 18.3 Å². The average molecular weight is 262 g/mol. The second-order valence-corrected chi connectivity index (χ2v) is 4.60. The smallest absolute Gasteiger partial charge is 0.381 e. The van der Waals surface area contributed by atoms with Gasteiger partial charge in [0.15, 0.2) is 0 Å². The fraction of sp³-hybridized carbons (Fsp3) is 0.583. The average Bonchev–Trinajstić information content (AvgIpc) is 2.32. The van der Waals surface area contributed by atoms with Gasteiger partial charge in [0.2, 0.25) is 5.95 Å². The monoisotopic (exact) mass is 262 g/mol. The highest BCUT2D eigenvalue weighted by atomic mass is 19.4. The van der Waals surface area contributed by atoms with E-state index in [0.717, 1.165) is 0 Å². The molecule has 1 aromatic rings. The molecule has 0 aromatic carbocycles. The van der Waals surface area contributed by atoms with Crippen LogP contribution < -0.4 is 5.32 Å². The van der Waals surface area contributed by atoms with Gasteiger partial charge < -0.3 is 5.32 Å². The van der Waals surface area contributed by atoms with Crippen LogP contribution >= 0.6 is 0 Å². The van der Waals surface area contributed by atoms with E-state index in [0.29, 0.717) is 18.5 Å². The summed E-state index contributed by atoms with van der Waals surface area (Å²) in [5.74, 6) is -1.75. The predicted molar refractivity (Wildman–Crippen MR) is 59.6 cm³/mol. The van der Waals surface area contributed by atoms with Gasteiger partial charge in [0.1, 0.15) is 0 Å². The third-order valence-electron chi connectivity index (χ3n) is 3.29. The van der Waals surface area contributed by atoms with Crippen molar-refractivity contribution in [2.75, 3.05) is 5.32 Å². The van der Waals surface area contributed by atoms with Gasteiger partial charge in [0, 0.05) is 6.04 Å². The van der Waals surface area contributed by atoms with E-state index in [1.807, 2.05) is 0 Å². The number of rotatable bonds is 2. The Hall–Kier alpha value is -1.33. The lowest BCUT2D eigenvalue weighted by Gasteiger charge is -2.30. The fourth-order valence-electron chi connectivity index (χ4n) is 2.26. The highest BCUT2D eigenvalue weighted by molar-refractivity contribution is 5.41. The van der Waals surface area contributed by atoms with Crippen molar-refractivity contribution in [1.82, 2.24) is 4.98 Å². The molecule has 0 aliphatic heterocycles. The van der Waals surface area contributed by atoms with E-state index < -0.39 is 18.0 Å². The largest absolute Gasteiger partial charge is 0.391 e. The van der Waals surface area contributed by atoms with Crippen molar-refractivity contribution in [3.8, 4) is 0 Å². The molecule has 1 aromatic heterocycles. The summed E-state index contributed by atoms with van der Waals surface area (Å²) < 4.78 is 50.0. The molecule has 0 amide bonds. The van der Waals surface area contributed by atoms with Gasteiger partial charge in [-0.1, -0.05) is 0 Å². The van der Waals surface area contributed by atoms with Crippen LogP contribution in [0.2, 0.25) is 0 Å². The topological polar surface area (TPSA) is 24.9 Å². The summed E-state index contributed by atoms with van der Waals surface area (Å²) in [7, 11) is 0. The van der Waals surface area contributed by atoms with Crippen molar-refractivity contribution in [1.29, 1.82) is 0 Å². The van der Waals surface area contributed by atoms with E-state index in [9.17, 15) is 17.6 Å². The van der Waals surface area contributed by atoms with Gasteiger partial charge in [0.05, 0.1) is 17.8 Å². The van der Waals surface area contributed by atoms with E-state index in [2.05, 4.69) is 10.3 Å². The normalized spacial score (nSPS) is 24.9. The van der Waals surface area contributed by atoms with Gasteiger partial charge in [-0.05, 0) is 37.8 Å². The van der Waals surface area contributed by atoms with Gasteiger partial charge in [0.25, 0.3) is 0 Å². The number of aromatic nitrogens is 1. The molecule has 6 heteroatoms. The molecular weight excluding hydrogens is 248 g/mol. The summed E-state index contributed by atoms with van der Waals surface area (Å²) in [4.78, 5) is 3.49. The minimum absolute atomic E-state index is 0.0101. The Labute approximate surface area is 102 Å². The molecule has 0 atom stereocenters. The number of nitrogens with zero attached hydrogens (tertiary/aromatic N) is 1. The molecule has 0 saturated heterocycles. The maximum Gasteiger partial charge on any atom is 0.391 e. The first kappa shape index (κ1) is 13.1. The number of hydrogen-bond donors (Lipinski definition) is 1. The van der Waals surface area contributed by atoms with Crippen LogP contribution in [-0.4, -0.2) is 17.2 Å². The Morgan fingerprint density at radius 2 is 1.78 bits per heavy atom. The van der Waals surface area contributed by atoms with Crippen LogP contribution in [-0.2, 0) is 0 Å². The lowest BCUT2D eigenvalue weighted by atomic mass is 9.85. The lowest BCUT2D eigenvalue weighted by Crippen LogP contribution is -2.32. The second-order valence-electron chi connectivity index (χ2n) is 4.60. The first-order chi connectivity index (χ1) is 8.45. The first-order valence-electron chi connectivity index (χ1n) is 5.90. The molecule has 100 valence electrons. The molecule has 0 spiro atoms. The highest BCUT2D eigenvalue weighted by Gasteiger charge is 2.41. The van der Waals surface area contributed by atoms with Crippen LogP contribution in [0.25, 0.3) is 0 Å². The molecule has 1 heterocycles. The molecule has 2 nitrogen and oxygen atoms in total. The minimum Gasteiger partial charge on any atom is -0.381 e. The molecule has 0 bridgehead atoms. The zero-order chi connectivity index (χ0) is 13.2. The molecule has 1 N–H and O–H groups in total. The van der Waals surface area contributed by atoms with E-state index in [1.54, 1.807) is 0 Å².